The first-order valence-corrected chi connectivity index (χ1v) is 10.3. The van der Waals surface area contributed by atoms with Crippen LogP contribution in [0.15, 0.2) is 30.6 Å². The van der Waals surface area contributed by atoms with Crippen molar-refractivity contribution in [3.63, 3.8) is 0 Å². The Bertz CT molecular complexity index is 1210. The number of rotatable bonds is 4. The summed E-state index contributed by atoms with van der Waals surface area (Å²) in [5, 5.41) is 5.57. The van der Waals surface area contributed by atoms with Crippen molar-refractivity contribution in [2.45, 2.75) is 39.0 Å². The lowest BCUT2D eigenvalue weighted by molar-refractivity contribution is 0.0531. The standard InChI is InChI=1S/C21H20N4O2S/c1-4-27-21(26)17-12(3)16-19-23-18(24-25(19)10-22-20(16)28-17)15-9-14(15)13-7-5-11(2)6-8-13/h5-8,10,14-15H,4,9H2,1-3H3/t14-,15+/m0/s1. The van der Waals surface area contributed by atoms with E-state index in [0.717, 1.165) is 33.7 Å². The van der Waals surface area contributed by atoms with E-state index in [1.807, 2.05) is 13.8 Å². The van der Waals surface area contributed by atoms with Gasteiger partial charge < -0.3 is 4.74 Å². The van der Waals surface area contributed by atoms with Crippen LogP contribution >= 0.6 is 11.3 Å². The number of aromatic nitrogens is 4. The fraction of sp³-hybridized carbons (Fsp3) is 0.333. The maximum Gasteiger partial charge on any atom is 0.348 e. The highest BCUT2D eigenvalue weighted by molar-refractivity contribution is 7.20. The molecule has 0 saturated heterocycles. The summed E-state index contributed by atoms with van der Waals surface area (Å²) < 4.78 is 6.91. The molecule has 0 spiro atoms. The third-order valence-electron chi connectivity index (χ3n) is 5.37. The number of hydrogen-bond acceptors (Lipinski definition) is 6. The number of ether oxygens (including phenoxy) is 1. The Labute approximate surface area is 166 Å². The summed E-state index contributed by atoms with van der Waals surface area (Å²) in [5.41, 5.74) is 4.24. The van der Waals surface area contributed by atoms with Crippen LogP contribution in [-0.2, 0) is 4.74 Å². The second-order valence-electron chi connectivity index (χ2n) is 7.30. The van der Waals surface area contributed by atoms with Crippen molar-refractivity contribution in [3.8, 4) is 0 Å². The summed E-state index contributed by atoms with van der Waals surface area (Å²) in [5.74, 6) is 1.35. The Morgan fingerprint density at radius 2 is 2.04 bits per heavy atom. The predicted molar refractivity (Wildman–Crippen MR) is 108 cm³/mol. The molecule has 1 aliphatic carbocycles. The molecule has 5 rings (SSSR count). The topological polar surface area (TPSA) is 69.4 Å². The molecule has 1 aliphatic rings. The van der Waals surface area contributed by atoms with Crippen LogP contribution in [0.25, 0.3) is 15.9 Å². The molecule has 0 unspecified atom stereocenters. The molecule has 0 bridgehead atoms. The van der Waals surface area contributed by atoms with Crippen LogP contribution < -0.4 is 0 Å². The second kappa shape index (κ2) is 6.38. The van der Waals surface area contributed by atoms with E-state index in [1.165, 1.54) is 22.5 Å². The van der Waals surface area contributed by atoms with Gasteiger partial charge in [-0.2, -0.15) is 0 Å². The van der Waals surface area contributed by atoms with Crippen molar-refractivity contribution in [1.82, 2.24) is 19.6 Å². The zero-order chi connectivity index (χ0) is 19.4. The van der Waals surface area contributed by atoms with Gasteiger partial charge in [0.1, 0.15) is 16.0 Å². The largest absolute Gasteiger partial charge is 0.462 e. The van der Waals surface area contributed by atoms with Gasteiger partial charge in [0.2, 0.25) is 0 Å². The first-order chi connectivity index (χ1) is 13.6. The van der Waals surface area contributed by atoms with Crippen LogP contribution in [0.4, 0.5) is 0 Å². The van der Waals surface area contributed by atoms with E-state index in [1.54, 1.807) is 10.8 Å². The minimum absolute atomic E-state index is 0.303. The van der Waals surface area contributed by atoms with Gasteiger partial charge in [-0.1, -0.05) is 29.8 Å². The zero-order valence-electron chi connectivity index (χ0n) is 16.0. The van der Waals surface area contributed by atoms with Crippen LogP contribution in [0.5, 0.6) is 0 Å². The molecule has 0 radical (unpaired) electrons. The third kappa shape index (κ3) is 2.69. The number of hydrogen-bond donors (Lipinski definition) is 0. The Morgan fingerprint density at radius 1 is 1.25 bits per heavy atom. The van der Waals surface area contributed by atoms with Gasteiger partial charge >= 0.3 is 5.97 Å². The van der Waals surface area contributed by atoms with Gasteiger partial charge in [0.05, 0.1) is 12.0 Å². The van der Waals surface area contributed by atoms with Crippen molar-refractivity contribution in [2.24, 2.45) is 0 Å². The number of nitrogens with zero attached hydrogens (tertiary/aromatic N) is 4. The van der Waals surface area contributed by atoms with Crippen molar-refractivity contribution in [3.05, 3.63) is 58.0 Å². The van der Waals surface area contributed by atoms with Crippen molar-refractivity contribution in [2.75, 3.05) is 6.61 Å². The van der Waals surface area contributed by atoms with Crippen molar-refractivity contribution >= 4 is 33.2 Å². The number of esters is 1. The zero-order valence-corrected chi connectivity index (χ0v) is 16.8. The van der Waals surface area contributed by atoms with Crippen LogP contribution in [0.1, 0.15) is 57.4 Å². The monoisotopic (exact) mass is 392 g/mol. The van der Waals surface area contributed by atoms with Gasteiger partial charge in [-0.3, -0.25) is 0 Å². The average Bonchev–Trinajstić information content (AvgIpc) is 3.24. The fourth-order valence-corrected chi connectivity index (χ4v) is 4.80. The molecule has 2 atom stereocenters. The summed E-state index contributed by atoms with van der Waals surface area (Å²) in [6, 6.07) is 8.70. The number of carbonyl (C=O) groups is 1. The Morgan fingerprint density at radius 3 is 2.79 bits per heavy atom. The summed E-state index contributed by atoms with van der Waals surface area (Å²) in [6.45, 7) is 6.19. The third-order valence-corrected chi connectivity index (χ3v) is 6.55. The first-order valence-electron chi connectivity index (χ1n) is 9.45. The normalized spacial score (nSPS) is 18.7. The highest BCUT2D eigenvalue weighted by Crippen LogP contribution is 2.53. The lowest BCUT2D eigenvalue weighted by Crippen LogP contribution is -2.03. The predicted octanol–water partition coefficient (Wildman–Crippen LogP) is 4.40. The lowest BCUT2D eigenvalue weighted by atomic mass is 10.1. The second-order valence-corrected chi connectivity index (χ2v) is 8.30. The molecule has 1 aromatic carbocycles. The number of aryl methyl sites for hydroxylation is 2. The Hall–Kier alpha value is -2.80. The molecule has 7 heteroatoms. The molecule has 1 saturated carbocycles. The molecule has 28 heavy (non-hydrogen) atoms. The van der Waals surface area contributed by atoms with Crippen LogP contribution in [0.2, 0.25) is 0 Å². The van der Waals surface area contributed by atoms with Gasteiger partial charge in [0.15, 0.2) is 11.5 Å². The highest BCUT2D eigenvalue weighted by Gasteiger charge is 2.42. The first kappa shape index (κ1) is 17.3. The molecule has 0 N–H and O–H groups in total. The van der Waals surface area contributed by atoms with Crippen molar-refractivity contribution in [1.29, 1.82) is 0 Å². The molecule has 4 aromatic rings. The van der Waals surface area contributed by atoms with E-state index in [9.17, 15) is 4.79 Å². The average molecular weight is 392 g/mol. The molecule has 142 valence electrons. The molecule has 3 heterocycles. The van der Waals surface area contributed by atoms with Gasteiger partial charge in [-0.05, 0) is 44.2 Å². The minimum atomic E-state index is -0.303. The lowest BCUT2D eigenvalue weighted by Gasteiger charge is -1.99. The highest BCUT2D eigenvalue weighted by atomic mass is 32.1. The molecule has 3 aromatic heterocycles. The summed E-state index contributed by atoms with van der Waals surface area (Å²) in [7, 11) is 0. The smallest absolute Gasteiger partial charge is 0.348 e. The Kier molecular flexibility index (Phi) is 3.94. The van der Waals surface area contributed by atoms with E-state index in [-0.39, 0.29) is 5.97 Å². The van der Waals surface area contributed by atoms with Crippen molar-refractivity contribution < 1.29 is 9.53 Å². The van der Waals surface area contributed by atoms with E-state index < -0.39 is 0 Å². The summed E-state index contributed by atoms with van der Waals surface area (Å²) in [4.78, 5) is 22.9. The van der Waals surface area contributed by atoms with Gasteiger partial charge in [0, 0.05) is 5.92 Å². The van der Waals surface area contributed by atoms with E-state index in [0.29, 0.717) is 23.3 Å². The van der Waals surface area contributed by atoms with E-state index >= 15 is 0 Å². The molecule has 1 fully saturated rings. The van der Waals surface area contributed by atoms with E-state index in [4.69, 9.17) is 9.72 Å². The Balaban J connectivity index is 1.53. The maximum atomic E-state index is 12.2. The van der Waals surface area contributed by atoms with Gasteiger partial charge in [0.25, 0.3) is 0 Å². The minimum Gasteiger partial charge on any atom is -0.462 e. The summed E-state index contributed by atoms with van der Waals surface area (Å²) >= 11 is 1.35. The molecular formula is C21H20N4O2S. The van der Waals surface area contributed by atoms with Crippen LogP contribution in [0, 0.1) is 13.8 Å². The van der Waals surface area contributed by atoms with Gasteiger partial charge in [-0.15, -0.1) is 16.4 Å². The van der Waals surface area contributed by atoms with E-state index in [2.05, 4.69) is 41.3 Å². The van der Waals surface area contributed by atoms with Crippen LogP contribution in [-0.4, -0.2) is 32.2 Å². The van der Waals surface area contributed by atoms with Gasteiger partial charge in [-0.25, -0.2) is 19.3 Å². The molecular weight excluding hydrogens is 372 g/mol. The summed E-state index contributed by atoms with van der Waals surface area (Å²) in [6.07, 6.45) is 2.75. The molecule has 6 nitrogen and oxygen atoms in total. The maximum absolute atomic E-state index is 12.2. The number of fused-ring (bicyclic) bond motifs is 3. The number of thiophene rings is 1. The SMILES string of the molecule is CCOC(=O)c1sc2ncn3nc([C@@H]4C[C@H]4c4ccc(C)cc4)nc3c2c1C. The fourth-order valence-electron chi connectivity index (χ4n) is 3.76. The number of carbonyl (C=O) groups excluding carboxylic acids is 1. The quantitative estimate of drug-likeness (QED) is 0.481. The molecule has 0 amide bonds. The van der Waals surface area contributed by atoms with Crippen LogP contribution in [0.3, 0.4) is 0 Å². The number of benzene rings is 1. The molecule has 0 aliphatic heterocycles.